The minimum absolute atomic E-state index is 0.0538. The second-order valence-corrected chi connectivity index (χ2v) is 6.92. The van der Waals surface area contributed by atoms with E-state index in [1.165, 1.54) is 11.1 Å². The highest BCUT2D eigenvalue weighted by molar-refractivity contribution is 5.94. The Labute approximate surface area is 160 Å². The van der Waals surface area contributed by atoms with Gasteiger partial charge in [-0.2, -0.15) is 0 Å². The average Bonchev–Trinajstić information content (AvgIpc) is 2.73. The Morgan fingerprint density at radius 1 is 0.963 bits per heavy atom. The molecule has 0 radical (unpaired) electrons. The molecular formula is C24H23NO2. The van der Waals surface area contributed by atoms with Crippen LogP contribution in [0.1, 0.15) is 45.9 Å². The normalized spacial score (nSPS) is 15.6. The van der Waals surface area contributed by atoms with Crippen molar-refractivity contribution in [3.63, 3.8) is 0 Å². The number of carbonyl (C=O) groups excluding carboxylic acids is 1. The van der Waals surface area contributed by atoms with Crippen molar-refractivity contribution in [2.75, 3.05) is 0 Å². The highest BCUT2D eigenvalue weighted by Gasteiger charge is 2.21. The highest BCUT2D eigenvalue weighted by atomic mass is 16.5. The number of fused-ring (bicyclic) bond motifs is 1. The van der Waals surface area contributed by atoms with Crippen LogP contribution in [0.3, 0.4) is 0 Å². The topological polar surface area (TPSA) is 38.3 Å². The molecular weight excluding hydrogens is 334 g/mol. The number of hydrogen-bond donors (Lipinski definition) is 1. The molecule has 1 aliphatic carbocycles. The largest absolute Gasteiger partial charge is 0.489 e. The van der Waals surface area contributed by atoms with E-state index in [0.717, 1.165) is 24.8 Å². The maximum atomic E-state index is 12.8. The molecule has 1 aliphatic rings. The van der Waals surface area contributed by atoms with Gasteiger partial charge in [-0.05, 0) is 54.2 Å². The standard InChI is InChI=1S/C24H23NO2/c26-24(25-23-15-7-11-19-10-4-5-14-22(19)23)20-12-6-13-21(16-20)27-17-18-8-2-1-3-9-18/h1-6,8-10,12-14,16,23H,7,11,15,17H2,(H,25,26)/t23-/m0/s1. The number of nitrogens with one attached hydrogen (secondary N) is 1. The minimum Gasteiger partial charge on any atom is -0.489 e. The molecule has 0 saturated carbocycles. The van der Waals surface area contributed by atoms with Crippen molar-refractivity contribution in [3.8, 4) is 5.75 Å². The smallest absolute Gasteiger partial charge is 0.251 e. The molecule has 0 unspecified atom stereocenters. The van der Waals surface area contributed by atoms with Crippen LogP contribution in [0.15, 0.2) is 78.9 Å². The van der Waals surface area contributed by atoms with E-state index >= 15 is 0 Å². The van der Waals surface area contributed by atoms with Gasteiger partial charge in [-0.25, -0.2) is 0 Å². The number of rotatable bonds is 5. The molecule has 3 heteroatoms. The monoisotopic (exact) mass is 357 g/mol. The van der Waals surface area contributed by atoms with Crippen molar-refractivity contribution in [3.05, 3.63) is 101 Å². The van der Waals surface area contributed by atoms with Gasteiger partial charge in [0.2, 0.25) is 0 Å². The Balaban J connectivity index is 1.44. The lowest BCUT2D eigenvalue weighted by molar-refractivity contribution is 0.0932. The molecule has 0 bridgehead atoms. The molecule has 3 aromatic rings. The third-order valence-corrected chi connectivity index (χ3v) is 5.02. The number of ether oxygens (including phenoxy) is 1. The van der Waals surface area contributed by atoms with Crippen molar-refractivity contribution in [1.29, 1.82) is 0 Å². The SMILES string of the molecule is O=C(N[C@H]1CCCc2ccccc21)c1cccc(OCc2ccccc2)c1. The molecule has 1 amide bonds. The Bertz CT molecular complexity index is 920. The number of aryl methyl sites for hydroxylation is 1. The first kappa shape index (κ1) is 17.3. The fourth-order valence-corrected chi connectivity index (χ4v) is 3.61. The molecule has 3 aromatic carbocycles. The second-order valence-electron chi connectivity index (χ2n) is 6.92. The summed E-state index contributed by atoms with van der Waals surface area (Å²) < 4.78 is 5.85. The van der Waals surface area contributed by atoms with Crippen LogP contribution < -0.4 is 10.1 Å². The van der Waals surface area contributed by atoms with Gasteiger partial charge < -0.3 is 10.1 Å². The number of hydrogen-bond acceptors (Lipinski definition) is 2. The van der Waals surface area contributed by atoms with E-state index in [4.69, 9.17) is 4.74 Å². The van der Waals surface area contributed by atoms with Crippen molar-refractivity contribution < 1.29 is 9.53 Å². The summed E-state index contributed by atoms with van der Waals surface area (Å²) in [7, 11) is 0. The van der Waals surface area contributed by atoms with E-state index in [9.17, 15) is 4.79 Å². The summed E-state index contributed by atoms with van der Waals surface area (Å²) in [5.74, 6) is 0.650. The first-order valence-corrected chi connectivity index (χ1v) is 9.45. The molecule has 0 fully saturated rings. The summed E-state index contributed by atoms with van der Waals surface area (Å²) in [6, 6.07) is 25.9. The maximum absolute atomic E-state index is 12.8. The molecule has 27 heavy (non-hydrogen) atoms. The zero-order valence-corrected chi connectivity index (χ0v) is 15.2. The van der Waals surface area contributed by atoms with Crippen molar-refractivity contribution in [1.82, 2.24) is 5.32 Å². The van der Waals surface area contributed by atoms with Gasteiger partial charge in [-0.3, -0.25) is 4.79 Å². The molecule has 3 nitrogen and oxygen atoms in total. The molecule has 4 rings (SSSR count). The zero-order valence-electron chi connectivity index (χ0n) is 15.2. The summed E-state index contributed by atoms with van der Waals surface area (Å²) in [6.45, 7) is 0.488. The quantitative estimate of drug-likeness (QED) is 0.692. The number of amides is 1. The van der Waals surface area contributed by atoms with Crippen LogP contribution in [-0.4, -0.2) is 5.91 Å². The molecule has 0 spiro atoms. The van der Waals surface area contributed by atoms with Gasteiger partial charge in [-0.15, -0.1) is 0 Å². The molecule has 0 aliphatic heterocycles. The Morgan fingerprint density at radius 2 is 1.78 bits per heavy atom. The van der Waals surface area contributed by atoms with Gasteiger partial charge in [0.15, 0.2) is 0 Å². The fourth-order valence-electron chi connectivity index (χ4n) is 3.61. The molecule has 0 saturated heterocycles. The van der Waals surface area contributed by atoms with Crippen LogP contribution in [0.4, 0.5) is 0 Å². The van der Waals surface area contributed by atoms with Crippen LogP contribution in [0, 0.1) is 0 Å². The molecule has 0 aromatic heterocycles. The minimum atomic E-state index is -0.0538. The Hall–Kier alpha value is -3.07. The van der Waals surface area contributed by atoms with E-state index in [1.54, 1.807) is 0 Å². The van der Waals surface area contributed by atoms with Crippen molar-refractivity contribution >= 4 is 5.91 Å². The van der Waals surface area contributed by atoms with E-state index in [1.807, 2.05) is 60.7 Å². The Morgan fingerprint density at radius 3 is 2.67 bits per heavy atom. The van der Waals surface area contributed by atoms with E-state index < -0.39 is 0 Å². The summed E-state index contributed by atoms with van der Waals surface area (Å²) in [5, 5.41) is 3.20. The molecule has 136 valence electrons. The van der Waals surface area contributed by atoms with Crippen molar-refractivity contribution in [2.45, 2.75) is 31.9 Å². The fraction of sp³-hybridized carbons (Fsp3) is 0.208. The van der Waals surface area contributed by atoms with E-state index in [2.05, 4.69) is 23.5 Å². The van der Waals surface area contributed by atoms with Gasteiger partial charge in [0, 0.05) is 5.56 Å². The first-order chi connectivity index (χ1) is 13.3. The zero-order chi connectivity index (χ0) is 18.5. The maximum Gasteiger partial charge on any atom is 0.251 e. The first-order valence-electron chi connectivity index (χ1n) is 9.45. The predicted molar refractivity (Wildman–Crippen MR) is 107 cm³/mol. The molecule has 1 N–H and O–H groups in total. The van der Waals surface area contributed by atoms with Crippen LogP contribution in [0.25, 0.3) is 0 Å². The number of carbonyl (C=O) groups is 1. The van der Waals surface area contributed by atoms with Crippen LogP contribution in [0.5, 0.6) is 5.75 Å². The van der Waals surface area contributed by atoms with Gasteiger partial charge in [0.1, 0.15) is 12.4 Å². The van der Waals surface area contributed by atoms with Gasteiger partial charge in [0.25, 0.3) is 5.91 Å². The molecule has 1 atom stereocenters. The second kappa shape index (κ2) is 8.09. The third kappa shape index (κ3) is 4.20. The van der Waals surface area contributed by atoms with Gasteiger partial charge >= 0.3 is 0 Å². The van der Waals surface area contributed by atoms with Crippen LogP contribution in [-0.2, 0) is 13.0 Å². The van der Waals surface area contributed by atoms with Gasteiger partial charge in [-0.1, -0.05) is 60.7 Å². The molecule has 0 heterocycles. The summed E-state index contributed by atoms with van der Waals surface area (Å²) in [5.41, 5.74) is 4.32. The van der Waals surface area contributed by atoms with Crippen molar-refractivity contribution in [2.24, 2.45) is 0 Å². The summed E-state index contributed by atoms with van der Waals surface area (Å²) >= 11 is 0. The Kier molecular flexibility index (Phi) is 5.20. The van der Waals surface area contributed by atoms with Crippen LogP contribution >= 0.6 is 0 Å². The van der Waals surface area contributed by atoms with Gasteiger partial charge in [0.05, 0.1) is 6.04 Å². The van der Waals surface area contributed by atoms with E-state index in [0.29, 0.717) is 17.9 Å². The average molecular weight is 357 g/mol. The lowest BCUT2D eigenvalue weighted by Gasteiger charge is -2.26. The van der Waals surface area contributed by atoms with E-state index in [-0.39, 0.29) is 11.9 Å². The lowest BCUT2D eigenvalue weighted by Crippen LogP contribution is -2.30. The number of benzene rings is 3. The highest BCUT2D eigenvalue weighted by Crippen LogP contribution is 2.29. The van der Waals surface area contributed by atoms with Crippen LogP contribution in [0.2, 0.25) is 0 Å². The third-order valence-electron chi connectivity index (χ3n) is 5.02. The predicted octanol–water partition coefficient (Wildman–Crippen LogP) is 5.07. The summed E-state index contributed by atoms with van der Waals surface area (Å²) in [4.78, 5) is 12.8. The summed E-state index contributed by atoms with van der Waals surface area (Å²) in [6.07, 6.45) is 3.17. The lowest BCUT2D eigenvalue weighted by atomic mass is 9.87.